The molecule has 1 amide bonds. The zero-order valence-corrected chi connectivity index (χ0v) is 16.6. The molecule has 28 heavy (non-hydrogen) atoms. The number of nitro benzene ring substituents is 1. The Kier molecular flexibility index (Phi) is 6.80. The summed E-state index contributed by atoms with van der Waals surface area (Å²) in [5.41, 5.74) is 6.72. The summed E-state index contributed by atoms with van der Waals surface area (Å²) < 4.78 is 0. The molecule has 9 heteroatoms. The van der Waals surface area contributed by atoms with Gasteiger partial charge in [-0.1, -0.05) is 13.8 Å². The molecule has 1 saturated heterocycles. The van der Waals surface area contributed by atoms with Gasteiger partial charge in [0.2, 0.25) is 0 Å². The molecule has 0 bridgehead atoms. The number of aromatic nitrogens is 1. The van der Waals surface area contributed by atoms with Crippen LogP contribution in [0.4, 0.5) is 22.9 Å². The summed E-state index contributed by atoms with van der Waals surface area (Å²) in [6.07, 6.45) is 2.55. The summed E-state index contributed by atoms with van der Waals surface area (Å²) in [5, 5.41) is 14.3. The molecule has 2 aromatic rings. The van der Waals surface area contributed by atoms with Crippen LogP contribution in [0.25, 0.3) is 0 Å². The number of nitrogens with two attached hydrogens (primary N) is 1. The first-order chi connectivity index (χ1) is 12.8. The average molecular weight is 406 g/mol. The molecule has 150 valence electrons. The quantitative estimate of drug-likeness (QED) is 0.591. The highest BCUT2D eigenvalue weighted by Gasteiger charge is 2.27. The SMILES string of the molecule is CC1CC(C)CN(c2ccc(C(=O)Nc3ccc(N)nc3)cc2[N+](=O)[O-])C1.Cl. The minimum absolute atomic E-state index is 0. The number of nitrogens with zero attached hydrogens (tertiary/aromatic N) is 3. The smallest absolute Gasteiger partial charge is 0.293 e. The Hall–Kier alpha value is -2.87. The van der Waals surface area contributed by atoms with E-state index in [1.807, 2.05) is 4.90 Å². The molecular formula is C19H24ClN5O3. The van der Waals surface area contributed by atoms with Crippen LogP contribution in [0.15, 0.2) is 36.5 Å². The molecule has 1 aromatic carbocycles. The average Bonchev–Trinajstić information content (AvgIpc) is 2.62. The van der Waals surface area contributed by atoms with Gasteiger partial charge >= 0.3 is 0 Å². The van der Waals surface area contributed by atoms with E-state index in [0.717, 1.165) is 19.5 Å². The predicted octanol–water partition coefficient (Wildman–Crippen LogP) is 3.73. The fourth-order valence-electron chi connectivity index (χ4n) is 3.62. The highest BCUT2D eigenvalue weighted by atomic mass is 35.5. The Bertz CT molecular complexity index is 849. The van der Waals surface area contributed by atoms with Crippen LogP contribution in [0.3, 0.4) is 0 Å². The molecule has 3 N–H and O–H groups in total. The van der Waals surface area contributed by atoms with Gasteiger partial charge in [0.15, 0.2) is 0 Å². The zero-order chi connectivity index (χ0) is 19.6. The van der Waals surface area contributed by atoms with E-state index in [2.05, 4.69) is 24.1 Å². The van der Waals surface area contributed by atoms with Gasteiger partial charge in [-0.05, 0) is 42.5 Å². The number of rotatable bonds is 4. The second kappa shape index (κ2) is 8.88. The van der Waals surface area contributed by atoms with Crippen LogP contribution in [0.2, 0.25) is 0 Å². The van der Waals surface area contributed by atoms with Crippen LogP contribution in [-0.2, 0) is 0 Å². The third-order valence-electron chi connectivity index (χ3n) is 4.69. The van der Waals surface area contributed by atoms with Crippen LogP contribution in [0.5, 0.6) is 0 Å². The number of anilines is 3. The molecule has 2 unspecified atom stereocenters. The molecule has 2 heterocycles. The zero-order valence-electron chi connectivity index (χ0n) is 15.8. The summed E-state index contributed by atoms with van der Waals surface area (Å²) in [7, 11) is 0. The number of nitrogen functional groups attached to an aromatic ring is 1. The summed E-state index contributed by atoms with van der Waals surface area (Å²) in [4.78, 5) is 29.6. The van der Waals surface area contributed by atoms with Crippen molar-refractivity contribution >= 4 is 41.2 Å². The number of carbonyl (C=O) groups is 1. The number of halogens is 1. The fraction of sp³-hybridized carbons (Fsp3) is 0.368. The Morgan fingerprint density at radius 3 is 2.50 bits per heavy atom. The van der Waals surface area contributed by atoms with Crippen LogP contribution < -0.4 is 16.0 Å². The van der Waals surface area contributed by atoms with E-state index in [4.69, 9.17) is 5.73 Å². The Balaban J connectivity index is 0.00000280. The van der Waals surface area contributed by atoms with Gasteiger partial charge < -0.3 is 16.0 Å². The van der Waals surface area contributed by atoms with E-state index in [9.17, 15) is 14.9 Å². The third-order valence-corrected chi connectivity index (χ3v) is 4.69. The molecule has 8 nitrogen and oxygen atoms in total. The van der Waals surface area contributed by atoms with Crippen molar-refractivity contribution in [1.29, 1.82) is 0 Å². The van der Waals surface area contributed by atoms with Gasteiger partial charge in [-0.25, -0.2) is 4.98 Å². The largest absolute Gasteiger partial charge is 0.384 e. The van der Waals surface area contributed by atoms with Gasteiger partial charge in [0, 0.05) is 24.7 Å². The van der Waals surface area contributed by atoms with Crippen LogP contribution in [0, 0.1) is 22.0 Å². The number of nitro groups is 1. The highest BCUT2D eigenvalue weighted by molar-refractivity contribution is 6.05. The first-order valence-corrected chi connectivity index (χ1v) is 8.89. The maximum atomic E-state index is 12.5. The molecule has 1 fully saturated rings. The second-order valence-corrected chi connectivity index (χ2v) is 7.24. The number of amides is 1. The lowest BCUT2D eigenvalue weighted by atomic mass is 9.91. The number of pyridine rings is 1. The molecule has 3 rings (SSSR count). The van der Waals surface area contributed by atoms with Crippen molar-refractivity contribution in [3.05, 3.63) is 52.2 Å². The number of piperidine rings is 1. The van der Waals surface area contributed by atoms with Crippen molar-refractivity contribution in [2.24, 2.45) is 11.8 Å². The first kappa shape index (κ1) is 21.4. The van der Waals surface area contributed by atoms with E-state index in [0.29, 0.717) is 29.0 Å². The van der Waals surface area contributed by atoms with Gasteiger partial charge in [0.05, 0.1) is 16.8 Å². The minimum Gasteiger partial charge on any atom is -0.384 e. The van der Waals surface area contributed by atoms with Gasteiger partial charge in [0.25, 0.3) is 11.6 Å². The maximum Gasteiger partial charge on any atom is 0.293 e. The van der Waals surface area contributed by atoms with Crippen LogP contribution >= 0.6 is 12.4 Å². The molecule has 0 aliphatic carbocycles. The minimum atomic E-state index is -0.434. The Morgan fingerprint density at radius 2 is 1.93 bits per heavy atom. The summed E-state index contributed by atoms with van der Waals surface area (Å²) in [5.74, 6) is 0.846. The monoisotopic (exact) mass is 405 g/mol. The third kappa shape index (κ3) is 4.89. The predicted molar refractivity (Wildman–Crippen MR) is 112 cm³/mol. The van der Waals surface area contributed by atoms with Crippen molar-refractivity contribution in [2.75, 3.05) is 29.0 Å². The van der Waals surface area contributed by atoms with Gasteiger partial charge in [-0.3, -0.25) is 14.9 Å². The number of carbonyl (C=O) groups excluding carboxylic acids is 1. The molecule has 2 atom stereocenters. The van der Waals surface area contributed by atoms with E-state index in [1.54, 1.807) is 24.3 Å². The van der Waals surface area contributed by atoms with Crippen LogP contribution in [-0.4, -0.2) is 28.9 Å². The van der Waals surface area contributed by atoms with Crippen molar-refractivity contribution < 1.29 is 9.72 Å². The van der Waals surface area contributed by atoms with Crippen molar-refractivity contribution in [1.82, 2.24) is 4.98 Å². The summed E-state index contributed by atoms with van der Waals surface area (Å²) >= 11 is 0. The maximum absolute atomic E-state index is 12.5. The Morgan fingerprint density at radius 1 is 1.25 bits per heavy atom. The lowest BCUT2D eigenvalue weighted by Crippen LogP contribution is -2.39. The first-order valence-electron chi connectivity index (χ1n) is 8.89. The normalized spacial score (nSPS) is 18.9. The van der Waals surface area contributed by atoms with E-state index >= 15 is 0 Å². The van der Waals surface area contributed by atoms with Gasteiger partial charge in [-0.15, -0.1) is 12.4 Å². The second-order valence-electron chi connectivity index (χ2n) is 7.24. The fourth-order valence-corrected chi connectivity index (χ4v) is 3.62. The number of benzene rings is 1. The van der Waals surface area contributed by atoms with E-state index in [1.165, 1.54) is 12.3 Å². The molecule has 1 aliphatic heterocycles. The van der Waals surface area contributed by atoms with Gasteiger partial charge in [0.1, 0.15) is 11.5 Å². The molecule has 0 radical (unpaired) electrons. The Labute approximate surface area is 169 Å². The van der Waals surface area contributed by atoms with E-state index < -0.39 is 10.8 Å². The topological polar surface area (TPSA) is 114 Å². The number of nitrogens with one attached hydrogen (secondary N) is 1. The molecule has 0 saturated carbocycles. The molecular weight excluding hydrogens is 382 g/mol. The molecule has 0 spiro atoms. The summed E-state index contributed by atoms with van der Waals surface area (Å²) in [6, 6.07) is 7.81. The lowest BCUT2D eigenvalue weighted by Gasteiger charge is -2.36. The van der Waals surface area contributed by atoms with Crippen molar-refractivity contribution in [3.8, 4) is 0 Å². The van der Waals surface area contributed by atoms with Gasteiger partial charge in [-0.2, -0.15) is 0 Å². The summed E-state index contributed by atoms with van der Waals surface area (Å²) in [6.45, 7) is 5.84. The number of hydrogen-bond donors (Lipinski definition) is 2. The number of hydrogen-bond acceptors (Lipinski definition) is 6. The molecule has 1 aliphatic rings. The van der Waals surface area contributed by atoms with Crippen molar-refractivity contribution in [3.63, 3.8) is 0 Å². The lowest BCUT2D eigenvalue weighted by molar-refractivity contribution is -0.384. The molecule has 1 aromatic heterocycles. The van der Waals surface area contributed by atoms with Crippen molar-refractivity contribution in [2.45, 2.75) is 20.3 Å². The standard InChI is InChI=1S/C19H23N5O3.ClH/c1-12-7-13(2)11-23(10-12)16-5-3-14(8-17(16)24(26)27)19(25)22-15-4-6-18(20)21-9-15;/h3-6,8-9,12-13H,7,10-11H2,1-2H3,(H2,20,21)(H,22,25);1H. The van der Waals surface area contributed by atoms with Crippen LogP contribution in [0.1, 0.15) is 30.6 Å². The van der Waals surface area contributed by atoms with E-state index in [-0.39, 0.29) is 23.7 Å². The highest BCUT2D eigenvalue weighted by Crippen LogP contribution is 2.34.